The van der Waals surface area contributed by atoms with Crippen molar-refractivity contribution in [3.63, 3.8) is 0 Å². The van der Waals surface area contributed by atoms with Gasteiger partial charge in [0.1, 0.15) is 0 Å². The molecule has 82 valence electrons. The van der Waals surface area contributed by atoms with Gasteiger partial charge in [-0.2, -0.15) is 0 Å². The maximum Gasteiger partial charge on any atom is 0.0519 e. The maximum absolute atomic E-state index is 6.22. The van der Waals surface area contributed by atoms with Crippen LogP contribution in [-0.4, -0.2) is 24.0 Å². The summed E-state index contributed by atoms with van der Waals surface area (Å²) in [6, 6.07) is 5.32. The third-order valence-corrected chi connectivity index (χ3v) is 4.87. The number of rotatable bonds is 3. The first kappa shape index (κ1) is 9.82. The highest BCUT2D eigenvalue weighted by Gasteiger charge is 2.38. The molecule has 2 heterocycles. The molecule has 1 aromatic heterocycles. The van der Waals surface area contributed by atoms with E-state index in [9.17, 15) is 0 Å². The van der Waals surface area contributed by atoms with E-state index in [4.69, 9.17) is 5.73 Å². The molecule has 1 aliphatic heterocycles. The maximum atomic E-state index is 6.22. The van der Waals surface area contributed by atoms with Gasteiger partial charge in [0.05, 0.1) is 6.04 Å². The van der Waals surface area contributed by atoms with Crippen molar-refractivity contribution in [2.75, 3.05) is 13.1 Å². The molecule has 2 bridgehead atoms. The number of hydrogen-bond acceptors (Lipinski definition) is 3. The minimum absolute atomic E-state index is 0.226. The van der Waals surface area contributed by atoms with Crippen LogP contribution in [0.15, 0.2) is 17.5 Å². The van der Waals surface area contributed by atoms with Crippen LogP contribution in [0.25, 0.3) is 0 Å². The van der Waals surface area contributed by atoms with Crippen LogP contribution in [-0.2, 0) is 0 Å². The topological polar surface area (TPSA) is 29.3 Å². The lowest BCUT2D eigenvalue weighted by atomic mass is 10.1. The van der Waals surface area contributed by atoms with Crippen molar-refractivity contribution in [1.82, 2.24) is 4.90 Å². The Bertz CT molecular complexity index is 322. The summed E-state index contributed by atoms with van der Waals surface area (Å²) in [5.74, 6) is 0.977. The third kappa shape index (κ3) is 1.84. The van der Waals surface area contributed by atoms with E-state index >= 15 is 0 Å². The number of fused-ring (bicyclic) bond motifs is 2. The number of nitrogens with zero attached hydrogens (tertiary/aromatic N) is 1. The number of likely N-dealkylation sites (tertiary alicyclic amines) is 1. The van der Waals surface area contributed by atoms with Crippen LogP contribution in [0.2, 0.25) is 0 Å². The average molecular weight is 222 g/mol. The summed E-state index contributed by atoms with van der Waals surface area (Å²) in [5.41, 5.74) is 6.22. The van der Waals surface area contributed by atoms with Crippen molar-refractivity contribution < 1.29 is 0 Å². The molecule has 15 heavy (non-hydrogen) atoms. The van der Waals surface area contributed by atoms with Gasteiger partial charge >= 0.3 is 0 Å². The lowest BCUT2D eigenvalue weighted by Crippen LogP contribution is -2.37. The lowest BCUT2D eigenvalue weighted by molar-refractivity contribution is 0.202. The van der Waals surface area contributed by atoms with Crippen molar-refractivity contribution in [3.05, 3.63) is 22.4 Å². The summed E-state index contributed by atoms with van der Waals surface area (Å²) in [5, 5.41) is 2.12. The van der Waals surface area contributed by atoms with Crippen molar-refractivity contribution in [3.8, 4) is 0 Å². The highest BCUT2D eigenvalue weighted by Crippen LogP contribution is 2.38. The summed E-state index contributed by atoms with van der Waals surface area (Å²) in [6.45, 7) is 2.35. The number of thiophene rings is 1. The quantitative estimate of drug-likeness (QED) is 0.850. The Balaban J connectivity index is 1.62. The van der Waals surface area contributed by atoms with Gasteiger partial charge in [-0.1, -0.05) is 6.07 Å². The van der Waals surface area contributed by atoms with Gasteiger partial charge in [0.2, 0.25) is 0 Å². The predicted octanol–water partition coefficient (Wildman–Crippen LogP) is 2.23. The van der Waals surface area contributed by atoms with Gasteiger partial charge in [0, 0.05) is 24.0 Å². The van der Waals surface area contributed by atoms with Gasteiger partial charge in [-0.3, -0.25) is 4.90 Å². The van der Waals surface area contributed by atoms with E-state index in [1.54, 1.807) is 11.3 Å². The summed E-state index contributed by atoms with van der Waals surface area (Å²) in [6.07, 6.45) is 4.29. The normalized spacial score (nSPS) is 32.3. The first-order valence-electron chi connectivity index (χ1n) is 5.86. The van der Waals surface area contributed by atoms with E-state index < -0.39 is 0 Å². The largest absolute Gasteiger partial charge is 0.322 e. The second kappa shape index (κ2) is 3.89. The van der Waals surface area contributed by atoms with Crippen molar-refractivity contribution in [2.24, 2.45) is 11.7 Å². The second-order valence-corrected chi connectivity index (χ2v) is 5.89. The predicted molar refractivity (Wildman–Crippen MR) is 63.9 cm³/mol. The molecule has 1 saturated carbocycles. The molecule has 2 aliphatic rings. The van der Waals surface area contributed by atoms with Crippen LogP contribution in [0.4, 0.5) is 0 Å². The first-order chi connectivity index (χ1) is 7.33. The van der Waals surface area contributed by atoms with E-state index in [1.807, 2.05) is 0 Å². The molecule has 3 heteroatoms. The highest BCUT2D eigenvalue weighted by atomic mass is 32.1. The summed E-state index contributed by atoms with van der Waals surface area (Å²) >= 11 is 1.78. The van der Waals surface area contributed by atoms with E-state index in [-0.39, 0.29) is 6.04 Å². The van der Waals surface area contributed by atoms with Crippen molar-refractivity contribution in [2.45, 2.75) is 31.3 Å². The third-order valence-electron chi connectivity index (χ3n) is 3.86. The fraction of sp³-hybridized carbons (Fsp3) is 0.667. The molecule has 3 rings (SSSR count). The van der Waals surface area contributed by atoms with Crippen LogP contribution in [0.5, 0.6) is 0 Å². The number of nitrogens with two attached hydrogens (primary N) is 1. The summed E-state index contributed by atoms with van der Waals surface area (Å²) < 4.78 is 0. The molecule has 0 aromatic carbocycles. The Morgan fingerprint density at radius 2 is 2.47 bits per heavy atom. The van der Waals surface area contributed by atoms with E-state index in [0.717, 1.165) is 18.5 Å². The van der Waals surface area contributed by atoms with E-state index in [1.165, 1.54) is 30.7 Å². The highest BCUT2D eigenvalue weighted by molar-refractivity contribution is 7.10. The van der Waals surface area contributed by atoms with Crippen LogP contribution in [0, 0.1) is 5.92 Å². The Labute approximate surface area is 95.1 Å². The van der Waals surface area contributed by atoms with Crippen LogP contribution in [0.1, 0.15) is 30.2 Å². The SMILES string of the molecule is NC(CN1CC2CCC1C2)c1cccs1. The van der Waals surface area contributed by atoms with Gasteiger partial charge in [-0.15, -0.1) is 11.3 Å². The number of piperidine rings is 1. The smallest absolute Gasteiger partial charge is 0.0519 e. The molecule has 2 fully saturated rings. The van der Waals surface area contributed by atoms with Gasteiger partial charge in [0.25, 0.3) is 0 Å². The monoisotopic (exact) mass is 222 g/mol. The lowest BCUT2D eigenvalue weighted by Gasteiger charge is -2.28. The zero-order chi connectivity index (χ0) is 10.3. The second-order valence-electron chi connectivity index (χ2n) is 4.91. The zero-order valence-electron chi connectivity index (χ0n) is 8.93. The molecule has 1 aliphatic carbocycles. The molecular weight excluding hydrogens is 204 g/mol. The van der Waals surface area contributed by atoms with Crippen molar-refractivity contribution >= 4 is 11.3 Å². The molecule has 1 saturated heterocycles. The Morgan fingerprint density at radius 3 is 3.07 bits per heavy atom. The minimum Gasteiger partial charge on any atom is -0.322 e. The Morgan fingerprint density at radius 1 is 1.53 bits per heavy atom. The van der Waals surface area contributed by atoms with Crippen LogP contribution >= 0.6 is 11.3 Å². The van der Waals surface area contributed by atoms with Crippen LogP contribution in [0.3, 0.4) is 0 Å². The fourth-order valence-electron chi connectivity index (χ4n) is 3.10. The molecule has 0 amide bonds. The Kier molecular flexibility index (Phi) is 2.54. The molecule has 1 aromatic rings. The molecule has 0 radical (unpaired) electrons. The Hall–Kier alpha value is -0.380. The van der Waals surface area contributed by atoms with Gasteiger partial charge in [-0.05, 0) is 36.6 Å². The average Bonchev–Trinajstić information content (AvgIpc) is 2.95. The summed E-state index contributed by atoms with van der Waals surface area (Å²) in [7, 11) is 0. The van der Waals surface area contributed by atoms with E-state index in [2.05, 4.69) is 22.4 Å². The standard InChI is InChI=1S/C12H18N2S/c13-11(12-2-1-5-15-12)8-14-7-9-3-4-10(14)6-9/h1-2,5,9-11H,3-4,6-8,13H2. The molecule has 0 spiro atoms. The molecule has 3 unspecified atom stereocenters. The van der Waals surface area contributed by atoms with Gasteiger partial charge in [0.15, 0.2) is 0 Å². The molecular formula is C12H18N2S. The first-order valence-corrected chi connectivity index (χ1v) is 6.74. The van der Waals surface area contributed by atoms with Gasteiger partial charge < -0.3 is 5.73 Å². The van der Waals surface area contributed by atoms with Crippen molar-refractivity contribution in [1.29, 1.82) is 0 Å². The summed E-state index contributed by atoms with van der Waals surface area (Å²) in [4.78, 5) is 3.94. The zero-order valence-corrected chi connectivity index (χ0v) is 9.75. The van der Waals surface area contributed by atoms with Crippen LogP contribution < -0.4 is 5.73 Å². The minimum atomic E-state index is 0.226. The van der Waals surface area contributed by atoms with E-state index in [0.29, 0.717) is 0 Å². The molecule has 2 N–H and O–H groups in total. The van der Waals surface area contributed by atoms with Gasteiger partial charge in [-0.25, -0.2) is 0 Å². The molecule has 3 atom stereocenters. The fourth-order valence-corrected chi connectivity index (χ4v) is 3.82. The number of hydrogen-bond donors (Lipinski definition) is 1. The molecule has 2 nitrogen and oxygen atoms in total.